The van der Waals surface area contributed by atoms with Gasteiger partial charge >= 0.3 is 0 Å². The molecule has 1 aliphatic carbocycles. The smallest absolute Gasteiger partial charge is 0.189 e. The van der Waals surface area contributed by atoms with Crippen LogP contribution in [0.4, 0.5) is 0 Å². The van der Waals surface area contributed by atoms with E-state index in [4.69, 9.17) is 17.0 Å². The SMILES string of the molecule is N#CC1C(=N)C(C#N)(C#N)C(c2ccccc2Cl)C2CSCC=C12. The van der Waals surface area contributed by atoms with Crippen molar-refractivity contribution in [3.8, 4) is 18.2 Å². The molecule has 6 heteroatoms. The number of fused-ring (bicyclic) bond motifs is 1. The molecule has 2 aliphatic rings. The van der Waals surface area contributed by atoms with Crippen LogP contribution in [-0.2, 0) is 0 Å². The Bertz CT molecular complexity index is 841. The lowest BCUT2D eigenvalue weighted by molar-refractivity contribution is 0.378. The fraction of sp³-hybridized carbons (Fsp3) is 0.333. The molecule has 1 aromatic carbocycles. The average Bonchev–Trinajstić information content (AvgIpc) is 2.62. The van der Waals surface area contributed by atoms with Crippen LogP contribution in [0.3, 0.4) is 0 Å². The summed E-state index contributed by atoms with van der Waals surface area (Å²) in [6.45, 7) is 0. The Hall–Kier alpha value is -2.26. The summed E-state index contributed by atoms with van der Waals surface area (Å²) in [7, 11) is 0. The van der Waals surface area contributed by atoms with E-state index in [-0.39, 0.29) is 11.6 Å². The van der Waals surface area contributed by atoms with Crippen LogP contribution >= 0.6 is 23.4 Å². The molecule has 1 aromatic rings. The highest BCUT2D eigenvalue weighted by Crippen LogP contribution is 2.55. The molecule has 0 spiro atoms. The minimum absolute atomic E-state index is 0.130. The molecule has 3 unspecified atom stereocenters. The van der Waals surface area contributed by atoms with Gasteiger partial charge in [-0.2, -0.15) is 27.5 Å². The molecule has 1 heterocycles. The third-order valence-electron chi connectivity index (χ3n) is 4.80. The first-order valence-corrected chi connectivity index (χ1v) is 8.97. The van der Waals surface area contributed by atoms with Crippen LogP contribution in [0.25, 0.3) is 0 Å². The van der Waals surface area contributed by atoms with Gasteiger partial charge in [0, 0.05) is 28.4 Å². The summed E-state index contributed by atoms with van der Waals surface area (Å²) < 4.78 is 0. The molecule has 1 fully saturated rings. The molecule has 1 N–H and O–H groups in total. The number of halogens is 1. The standard InChI is InChI=1S/C18H13ClN4S/c19-15-4-2-1-3-12(15)16-14-8-24-6-5-11(14)13(7-20)17(23)18(16,9-21)10-22/h1-5,13-14,16,23H,6,8H2. The molecule has 0 bridgehead atoms. The molecule has 3 rings (SSSR count). The van der Waals surface area contributed by atoms with Crippen molar-refractivity contribution in [3.05, 3.63) is 46.5 Å². The largest absolute Gasteiger partial charge is 0.305 e. The van der Waals surface area contributed by atoms with E-state index in [1.165, 1.54) is 0 Å². The van der Waals surface area contributed by atoms with Gasteiger partial charge in [0.05, 0.1) is 23.9 Å². The molecule has 0 saturated heterocycles. The summed E-state index contributed by atoms with van der Waals surface area (Å²) in [4.78, 5) is 0. The van der Waals surface area contributed by atoms with Gasteiger partial charge in [-0.3, -0.25) is 0 Å². The number of benzene rings is 1. The molecule has 0 aromatic heterocycles. The Morgan fingerprint density at radius 1 is 1.21 bits per heavy atom. The lowest BCUT2D eigenvalue weighted by Gasteiger charge is -2.45. The fourth-order valence-electron chi connectivity index (χ4n) is 3.68. The zero-order valence-corrected chi connectivity index (χ0v) is 14.2. The minimum Gasteiger partial charge on any atom is -0.305 e. The number of allylic oxidation sites excluding steroid dienone is 1. The summed E-state index contributed by atoms with van der Waals surface area (Å²) in [5.41, 5.74) is -0.255. The zero-order valence-electron chi connectivity index (χ0n) is 12.7. The van der Waals surface area contributed by atoms with Crippen molar-refractivity contribution in [1.29, 1.82) is 21.2 Å². The van der Waals surface area contributed by atoms with Gasteiger partial charge < -0.3 is 5.41 Å². The van der Waals surface area contributed by atoms with Crippen LogP contribution in [-0.4, -0.2) is 17.2 Å². The number of hydrogen-bond acceptors (Lipinski definition) is 5. The molecule has 0 amide bonds. The highest BCUT2D eigenvalue weighted by atomic mass is 35.5. The van der Waals surface area contributed by atoms with E-state index in [1.54, 1.807) is 23.9 Å². The summed E-state index contributed by atoms with van der Waals surface area (Å²) in [6.07, 6.45) is 1.98. The van der Waals surface area contributed by atoms with Gasteiger partial charge in [-0.1, -0.05) is 35.9 Å². The lowest BCUT2D eigenvalue weighted by Crippen LogP contribution is -2.49. The van der Waals surface area contributed by atoms with Crippen LogP contribution in [0, 0.1) is 56.7 Å². The van der Waals surface area contributed by atoms with Crippen LogP contribution in [0.5, 0.6) is 0 Å². The Labute approximate surface area is 149 Å². The Morgan fingerprint density at radius 2 is 1.92 bits per heavy atom. The molecule has 1 saturated carbocycles. The molecule has 1 aliphatic heterocycles. The van der Waals surface area contributed by atoms with Crippen molar-refractivity contribution < 1.29 is 0 Å². The summed E-state index contributed by atoms with van der Waals surface area (Å²) in [5, 5.41) is 38.2. The zero-order chi connectivity index (χ0) is 17.3. The van der Waals surface area contributed by atoms with Crippen LogP contribution < -0.4 is 0 Å². The fourth-order valence-corrected chi connectivity index (χ4v) is 5.02. The maximum atomic E-state index is 9.85. The molecule has 4 nitrogen and oxygen atoms in total. The topological polar surface area (TPSA) is 95.2 Å². The summed E-state index contributed by atoms with van der Waals surface area (Å²) in [6, 6.07) is 13.4. The van der Waals surface area contributed by atoms with Gasteiger partial charge in [-0.15, -0.1) is 0 Å². The van der Waals surface area contributed by atoms with Crippen LogP contribution in [0.15, 0.2) is 35.9 Å². The third-order valence-corrected chi connectivity index (χ3v) is 6.14. The van der Waals surface area contributed by atoms with Gasteiger partial charge in [0.15, 0.2) is 5.41 Å². The van der Waals surface area contributed by atoms with E-state index in [0.29, 0.717) is 16.3 Å². The van der Waals surface area contributed by atoms with E-state index >= 15 is 0 Å². The molecule has 24 heavy (non-hydrogen) atoms. The second-order valence-corrected chi connectivity index (χ2v) is 7.34. The summed E-state index contributed by atoms with van der Waals surface area (Å²) >= 11 is 8.07. The number of nitrogens with zero attached hydrogens (tertiary/aromatic N) is 3. The molecule has 118 valence electrons. The molecular formula is C18H13ClN4S. The number of rotatable bonds is 1. The van der Waals surface area contributed by atoms with Crippen molar-refractivity contribution in [2.24, 2.45) is 17.3 Å². The van der Waals surface area contributed by atoms with Crippen molar-refractivity contribution in [2.75, 3.05) is 11.5 Å². The Kier molecular flexibility index (Phi) is 4.37. The Balaban J connectivity index is 2.29. The maximum absolute atomic E-state index is 9.85. The molecular weight excluding hydrogens is 340 g/mol. The molecule has 0 radical (unpaired) electrons. The monoisotopic (exact) mass is 352 g/mol. The van der Waals surface area contributed by atoms with Crippen molar-refractivity contribution in [3.63, 3.8) is 0 Å². The van der Waals surface area contributed by atoms with Gasteiger partial charge in [0.25, 0.3) is 0 Å². The first kappa shape index (κ1) is 16.6. The second-order valence-electron chi connectivity index (χ2n) is 5.85. The van der Waals surface area contributed by atoms with Gasteiger partial charge in [0.2, 0.25) is 0 Å². The lowest BCUT2D eigenvalue weighted by atomic mass is 9.55. The van der Waals surface area contributed by atoms with E-state index < -0.39 is 17.3 Å². The average molecular weight is 353 g/mol. The van der Waals surface area contributed by atoms with Crippen molar-refractivity contribution in [1.82, 2.24) is 0 Å². The maximum Gasteiger partial charge on any atom is 0.189 e. The second kappa shape index (κ2) is 6.33. The van der Waals surface area contributed by atoms with Crippen LogP contribution in [0.2, 0.25) is 5.02 Å². The third kappa shape index (κ3) is 2.23. The predicted octanol–water partition coefficient (Wildman–Crippen LogP) is 3.92. The van der Waals surface area contributed by atoms with E-state index in [2.05, 4.69) is 18.2 Å². The highest BCUT2D eigenvalue weighted by molar-refractivity contribution is 7.99. The number of thioether (sulfide) groups is 1. The number of nitrogens with one attached hydrogen (secondary N) is 1. The summed E-state index contributed by atoms with van der Waals surface area (Å²) in [5.74, 6) is -0.0234. The quantitative estimate of drug-likeness (QED) is 0.775. The highest BCUT2D eigenvalue weighted by Gasteiger charge is 2.57. The van der Waals surface area contributed by atoms with Crippen molar-refractivity contribution >= 4 is 29.1 Å². The number of nitriles is 3. The van der Waals surface area contributed by atoms with Gasteiger partial charge in [-0.05, 0) is 17.2 Å². The number of hydrogen-bond donors (Lipinski definition) is 1. The van der Waals surface area contributed by atoms with Gasteiger partial charge in [-0.25, -0.2) is 0 Å². The first-order valence-electron chi connectivity index (χ1n) is 7.44. The van der Waals surface area contributed by atoms with Crippen molar-refractivity contribution in [2.45, 2.75) is 5.92 Å². The van der Waals surface area contributed by atoms with Crippen LogP contribution in [0.1, 0.15) is 11.5 Å². The van der Waals surface area contributed by atoms with E-state index in [9.17, 15) is 15.8 Å². The van der Waals surface area contributed by atoms with Gasteiger partial charge in [0.1, 0.15) is 5.92 Å². The molecule has 3 atom stereocenters. The van der Waals surface area contributed by atoms with E-state index in [1.807, 2.05) is 18.2 Å². The first-order chi connectivity index (χ1) is 11.6. The van der Waals surface area contributed by atoms with E-state index in [0.717, 1.165) is 11.3 Å². The normalized spacial score (nSPS) is 27.8. The predicted molar refractivity (Wildman–Crippen MR) is 93.6 cm³/mol. The minimum atomic E-state index is -1.68. The Morgan fingerprint density at radius 3 is 2.54 bits per heavy atom.